The second-order valence-corrected chi connectivity index (χ2v) is 4.58. The zero-order chi connectivity index (χ0) is 12.4. The van der Waals surface area contributed by atoms with E-state index in [-0.39, 0.29) is 6.04 Å². The smallest absolute Gasteiger partial charge is 0.134 e. The molecule has 0 saturated carbocycles. The zero-order valence-corrected chi connectivity index (χ0v) is 10.4. The zero-order valence-electron chi connectivity index (χ0n) is 10.4. The van der Waals surface area contributed by atoms with Crippen LogP contribution in [0.2, 0.25) is 0 Å². The summed E-state index contributed by atoms with van der Waals surface area (Å²) in [6, 6.07) is 8.10. The van der Waals surface area contributed by atoms with E-state index in [4.69, 9.17) is 10.3 Å². The van der Waals surface area contributed by atoms with Gasteiger partial charge in [0.05, 0.1) is 6.04 Å². The normalized spacial score (nSPS) is 12.7. The highest BCUT2D eigenvalue weighted by Crippen LogP contribution is 2.25. The lowest BCUT2D eigenvalue weighted by molar-refractivity contribution is 0.484. The maximum atomic E-state index is 5.79. The highest BCUT2D eigenvalue weighted by Gasteiger charge is 2.12. The molecule has 0 aliphatic carbocycles. The Kier molecular flexibility index (Phi) is 3.31. The Morgan fingerprint density at radius 3 is 2.76 bits per heavy atom. The SMILES string of the molecule is CC(C)=CC(NN)c1cc2cc(C)ccc2o1. The van der Waals surface area contributed by atoms with Gasteiger partial charge in [-0.3, -0.25) is 5.84 Å². The van der Waals surface area contributed by atoms with Gasteiger partial charge in [0.1, 0.15) is 11.3 Å². The average Bonchev–Trinajstić information content (AvgIpc) is 2.68. The van der Waals surface area contributed by atoms with E-state index in [0.29, 0.717) is 0 Å². The molecule has 2 rings (SSSR count). The number of allylic oxidation sites excluding steroid dienone is 1. The first-order valence-electron chi connectivity index (χ1n) is 5.71. The molecule has 3 N–H and O–H groups in total. The lowest BCUT2D eigenvalue weighted by atomic mass is 10.1. The van der Waals surface area contributed by atoms with Crippen molar-refractivity contribution >= 4 is 11.0 Å². The topological polar surface area (TPSA) is 51.2 Å². The highest BCUT2D eigenvalue weighted by molar-refractivity contribution is 5.78. The van der Waals surface area contributed by atoms with Crippen LogP contribution in [0.5, 0.6) is 0 Å². The number of benzene rings is 1. The molecule has 0 aliphatic heterocycles. The van der Waals surface area contributed by atoms with Gasteiger partial charge in [0.2, 0.25) is 0 Å². The van der Waals surface area contributed by atoms with Crippen molar-refractivity contribution in [2.24, 2.45) is 5.84 Å². The molecule has 0 bridgehead atoms. The van der Waals surface area contributed by atoms with Gasteiger partial charge in [-0.15, -0.1) is 0 Å². The van der Waals surface area contributed by atoms with Gasteiger partial charge in [-0.2, -0.15) is 0 Å². The van der Waals surface area contributed by atoms with Crippen molar-refractivity contribution in [3.05, 3.63) is 47.2 Å². The van der Waals surface area contributed by atoms with Crippen molar-refractivity contribution in [2.45, 2.75) is 26.8 Å². The van der Waals surface area contributed by atoms with Crippen LogP contribution in [-0.4, -0.2) is 0 Å². The van der Waals surface area contributed by atoms with Gasteiger partial charge in [-0.05, 0) is 39.0 Å². The molecule has 0 spiro atoms. The van der Waals surface area contributed by atoms with Crippen molar-refractivity contribution in [1.82, 2.24) is 5.43 Å². The molecule has 0 saturated heterocycles. The summed E-state index contributed by atoms with van der Waals surface area (Å²) in [5.41, 5.74) is 6.08. The molecule has 1 atom stereocenters. The van der Waals surface area contributed by atoms with E-state index >= 15 is 0 Å². The number of nitrogens with one attached hydrogen (secondary N) is 1. The maximum Gasteiger partial charge on any atom is 0.134 e. The third-order valence-electron chi connectivity index (χ3n) is 2.68. The van der Waals surface area contributed by atoms with E-state index in [1.807, 2.05) is 38.1 Å². The molecule has 0 amide bonds. The van der Waals surface area contributed by atoms with Crippen LogP contribution in [-0.2, 0) is 0 Å². The molecule has 0 radical (unpaired) electrons. The number of furan rings is 1. The van der Waals surface area contributed by atoms with Gasteiger partial charge >= 0.3 is 0 Å². The molecule has 3 heteroatoms. The van der Waals surface area contributed by atoms with Crippen molar-refractivity contribution in [2.75, 3.05) is 0 Å². The third kappa shape index (κ3) is 2.57. The van der Waals surface area contributed by atoms with E-state index < -0.39 is 0 Å². The minimum atomic E-state index is -0.0762. The van der Waals surface area contributed by atoms with Crippen molar-refractivity contribution in [3.8, 4) is 0 Å². The van der Waals surface area contributed by atoms with Crippen LogP contribution in [0.25, 0.3) is 11.0 Å². The van der Waals surface area contributed by atoms with E-state index in [0.717, 1.165) is 16.7 Å². The van der Waals surface area contributed by atoms with E-state index in [1.165, 1.54) is 11.1 Å². The lowest BCUT2D eigenvalue weighted by Gasteiger charge is -2.08. The van der Waals surface area contributed by atoms with E-state index in [2.05, 4.69) is 18.4 Å². The number of nitrogens with two attached hydrogens (primary N) is 1. The second-order valence-electron chi connectivity index (χ2n) is 4.58. The summed E-state index contributed by atoms with van der Waals surface area (Å²) >= 11 is 0. The van der Waals surface area contributed by atoms with Gasteiger partial charge in [0, 0.05) is 5.39 Å². The largest absolute Gasteiger partial charge is 0.459 e. The van der Waals surface area contributed by atoms with Crippen molar-refractivity contribution in [3.63, 3.8) is 0 Å². The fraction of sp³-hybridized carbons (Fsp3) is 0.286. The Bertz CT molecular complexity index is 550. The first-order valence-corrected chi connectivity index (χ1v) is 5.71. The van der Waals surface area contributed by atoms with Crippen molar-refractivity contribution in [1.29, 1.82) is 0 Å². The van der Waals surface area contributed by atoms with Crippen LogP contribution in [0, 0.1) is 6.92 Å². The summed E-state index contributed by atoms with van der Waals surface area (Å²) in [7, 11) is 0. The Labute approximate surface area is 101 Å². The fourth-order valence-corrected chi connectivity index (χ4v) is 1.88. The number of hydrazine groups is 1. The minimum absolute atomic E-state index is 0.0762. The summed E-state index contributed by atoms with van der Waals surface area (Å²) in [5, 5.41) is 1.11. The first kappa shape index (κ1) is 11.9. The molecule has 17 heavy (non-hydrogen) atoms. The van der Waals surface area contributed by atoms with Crippen LogP contribution < -0.4 is 11.3 Å². The number of fused-ring (bicyclic) bond motifs is 1. The molecular formula is C14H18N2O. The summed E-state index contributed by atoms with van der Waals surface area (Å²) < 4.78 is 5.79. The Balaban J connectivity index is 2.44. The molecule has 1 aromatic heterocycles. The Hall–Kier alpha value is -1.58. The standard InChI is InChI=1S/C14H18N2O/c1-9(2)6-12(16-15)14-8-11-7-10(3)4-5-13(11)17-14/h4-8,12,16H,15H2,1-3H3. The number of rotatable bonds is 3. The summed E-state index contributed by atoms with van der Waals surface area (Å²) in [6.45, 7) is 6.15. The number of aryl methyl sites for hydroxylation is 1. The summed E-state index contributed by atoms with van der Waals surface area (Å²) in [4.78, 5) is 0. The monoisotopic (exact) mass is 230 g/mol. The third-order valence-corrected chi connectivity index (χ3v) is 2.68. The predicted octanol–water partition coefficient (Wildman–Crippen LogP) is 3.21. The van der Waals surface area contributed by atoms with Crippen molar-refractivity contribution < 1.29 is 4.42 Å². The molecule has 90 valence electrons. The lowest BCUT2D eigenvalue weighted by Crippen LogP contribution is -2.26. The van der Waals surface area contributed by atoms with Crippen LogP contribution >= 0.6 is 0 Å². The molecule has 3 nitrogen and oxygen atoms in total. The first-order chi connectivity index (χ1) is 8.10. The molecule has 1 heterocycles. The molecule has 0 aliphatic rings. The fourth-order valence-electron chi connectivity index (χ4n) is 1.88. The second kappa shape index (κ2) is 4.73. The summed E-state index contributed by atoms with van der Waals surface area (Å²) in [6.07, 6.45) is 2.05. The van der Waals surface area contributed by atoms with Gasteiger partial charge < -0.3 is 4.42 Å². The summed E-state index contributed by atoms with van der Waals surface area (Å²) in [5.74, 6) is 6.39. The van der Waals surface area contributed by atoms with E-state index in [9.17, 15) is 0 Å². The minimum Gasteiger partial charge on any atom is -0.459 e. The van der Waals surface area contributed by atoms with Crippen LogP contribution in [0.3, 0.4) is 0 Å². The van der Waals surface area contributed by atoms with Gasteiger partial charge in [-0.1, -0.05) is 23.3 Å². The van der Waals surface area contributed by atoms with Crippen LogP contribution in [0.4, 0.5) is 0 Å². The van der Waals surface area contributed by atoms with Gasteiger partial charge in [0.15, 0.2) is 0 Å². The van der Waals surface area contributed by atoms with Crippen LogP contribution in [0.15, 0.2) is 40.3 Å². The van der Waals surface area contributed by atoms with E-state index in [1.54, 1.807) is 0 Å². The molecule has 1 aromatic carbocycles. The predicted molar refractivity (Wildman–Crippen MR) is 70.4 cm³/mol. The van der Waals surface area contributed by atoms with Gasteiger partial charge in [-0.25, -0.2) is 5.43 Å². The number of hydrogen-bond donors (Lipinski definition) is 2. The molecule has 0 fully saturated rings. The highest BCUT2D eigenvalue weighted by atomic mass is 16.3. The van der Waals surface area contributed by atoms with Gasteiger partial charge in [0.25, 0.3) is 0 Å². The van der Waals surface area contributed by atoms with Crippen LogP contribution in [0.1, 0.15) is 31.2 Å². The quantitative estimate of drug-likeness (QED) is 0.483. The average molecular weight is 230 g/mol. The Morgan fingerprint density at radius 1 is 1.35 bits per heavy atom. The molecule has 1 unspecified atom stereocenters. The number of hydrogen-bond acceptors (Lipinski definition) is 3. The molecular weight excluding hydrogens is 212 g/mol. The maximum absolute atomic E-state index is 5.79. The Morgan fingerprint density at radius 2 is 2.12 bits per heavy atom. The molecule has 2 aromatic rings.